The molecule has 0 aliphatic carbocycles. The van der Waals surface area contributed by atoms with Crippen molar-refractivity contribution in [2.24, 2.45) is 0 Å². The molecule has 0 radical (unpaired) electrons. The number of aryl methyl sites for hydroxylation is 1. The van der Waals surface area contributed by atoms with Gasteiger partial charge in [-0.2, -0.15) is 0 Å². The summed E-state index contributed by atoms with van der Waals surface area (Å²) in [5.74, 6) is 2.06. The molecule has 0 aliphatic heterocycles. The maximum absolute atomic E-state index is 13.3. The minimum Gasteiger partial charge on any atom is -0.496 e. The van der Waals surface area contributed by atoms with Gasteiger partial charge in [-0.3, -0.25) is 13.8 Å². The Bertz CT molecular complexity index is 1450. The molecule has 2 aromatic carbocycles. The van der Waals surface area contributed by atoms with E-state index in [1.165, 1.54) is 22.5 Å². The lowest BCUT2D eigenvalue weighted by molar-refractivity contribution is 0.408. The zero-order valence-electron chi connectivity index (χ0n) is 17.1. The summed E-state index contributed by atoms with van der Waals surface area (Å²) >= 11 is 3.06. The van der Waals surface area contributed by atoms with Gasteiger partial charge < -0.3 is 4.74 Å². The molecule has 5 aromatic rings. The zero-order chi connectivity index (χ0) is 21.4. The van der Waals surface area contributed by atoms with Crippen LogP contribution in [0.5, 0.6) is 5.75 Å². The van der Waals surface area contributed by atoms with Gasteiger partial charge in [0, 0.05) is 11.3 Å². The van der Waals surface area contributed by atoms with E-state index in [1.807, 2.05) is 40.1 Å². The maximum atomic E-state index is 13.3. The van der Waals surface area contributed by atoms with Crippen LogP contribution < -0.4 is 10.3 Å². The summed E-state index contributed by atoms with van der Waals surface area (Å²) < 4.78 is 9.85. The maximum Gasteiger partial charge on any atom is 0.273 e. The summed E-state index contributed by atoms with van der Waals surface area (Å²) in [6.07, 6.45) is 0. The second-order valence-corrected chi connectivity index (χ2v) is 9.09. The number of hydrogen-bond acceptors (Lipinski definition) is 6. The highest BCUT2D eigenvalue weighted by atomic mass is 32.2. The first-order valence-electron chi connectivity index (χ1n) is 9.81. The van der Waals surface area contributed by atoms with E-state index < -0.39 is 0 Å². The molecule has 0 fully saturated rings. The third kappa shape index (κ3) is 3.62. The average Bonchev–Trinajstić information content (AvgIpc) is 3.42. The van der Waals surface area contributed by atoms with Gasteiger partial charge in [0.05, 0.1) is 19.2 Å². The van der Waals surface area contributed by atoms with Gasteiger partial charge in [-0.15, -0.1) is 21.5 Å². The van der Waals surface area contributed by atoms with Gasteiger partial charge >= 0.3 is 0 Å². The summed E-state index contributed by atoms with van der Waals surface area (Å²) in [6, 6.07) is 18.1. The molecule has 0 unspecified atom stereocenters. The summed E-state index contributed by atoms with van der Waals surface area (Å²) in [4.78, 5) is 13.3. The van der Waals surface area contributed by atoms with E-state index in [0.29, 0.717) is 17.0 Å². The molecule has 3 heterocycles. The molecule has 5 rings (SSSR count). The number of aromatic nitrogens is 4. The smallest absolute Gasteiger partial charge is 0.273 e. The molecule has 0 bridgehead atoms. The summed E-state index contributed by atoms with van der Waals surface area (Å²) in [5, 5.41) is 11.6. The minimum absolute atomic E-state index is 0.0639. The van der Waals surface area contributed by atoms with Gasteiger partial charge in [-0.25, -0.2) is 0 Å². The molecule has 0 N–H and O–H groups in total. The van der Waals surface area contributed by atoms with E-state index >= 15 is 0 Å². The number of nitrogens with zero attached hydrogens (tertiary/aromatic N) is 4. The minimum atomic E-state index is -0.0639. The van der Waals surface area contributed by atoms with E-state index in [-0.39, 0.29) is 5.56 Å². The Morgan fingerprint density at radius 3 is 2.81 bits per heavy atom. The van der Waals surface area contributed by atoms with Gasteiger partial charge in [0.2, 0.25) is 5.78 Å². The van der Waals surface area contributed by atoms with Crippen molar-refractivity contribution in [3.63, 3.8) is 0 Å². The fourth-order valence-corrected chi connectivity index (χ4v) is 5.40. The Kier molecular flexibility index (Phi) is 5.25. The van der Waals surface area contributed by atoms with Crippen molar-refractivity contribution in [2.75, 3.05) is 7.11 Å². The first-order valence-corrected chi connectivity index (χ1v) is 11.7. The third-order valence-electron chi connectivity index (χ3n) is 5.15. The van der Waals surface area contributed by atoms with Crippen molar-refractivity contribution in [3.8, 4) is 5.75 Å². The van der Waals surface area contributed by atoms with Crippen LogP contribution in [-0.2, 0) is 12.3 Å². The summed E-state index contributed by atoms with van der Waals surface area (Å²) in [5.41, 5.74) is 4.16. The number of ether oxygens (including phenoxy) is 1. The molecule has 6 nitrogen and oxygen atoms in total. The molecule has 0 saturated heterocycles. The molecule has 0 amide bonds. The highest BCUT2D eigenvalue weighted by Crippen LogP contribution is 2.27. The van der Waals surface area contributed by atoms with Crippen molar-refractivity contribution in [3.05, 3.63) is 87.0 Å². The third-order valence-corrected chi connectivity index (χ3v) is 7.05. The topological polar surface area (TPSA) is 61.4 Å². The Morgan fingerprint density at radius 2 is 1.97 bits per heavy atom. The van der Waals surface area contributed by atoms with Gasteiger partial charge in [0.1, 0.15) is 10.4 Å². The van der Waals surface area contributed by atoms with Crippen molar-refractivity contribution in [2.45, 2.75) is 24.4 Å². The molecular weight excluding hydrogens is 428 g/mol. The summed E-state index contributed by atoms with van der Waals surface area (Å²) in [7, 11) is 1.64. The van der Waals surface area contributed by atoms with E-state index in [1.54, 1.807) is 23.4 Å². The van der Waals surface area contributed by atoms with Gasteiger partial charge in [-0.05, 0) is 30.0 Å². The number of fused-ring (bicyclic) bond motifs is 3. The zero-order valence-corrected chi connectivity index (χ0v) is 18.7. The Labute approximate surface area is 187 Å². The number of thiophene rings is 1. The SMILES string of the molecule is COc1ccccc1Cn1c(=O)c2sccc2n2c(SCc3cccc(C)c3)nnc12. The second kappa shape index (κ2) is 8.20. The Balaban J connectivity index is 1.61. The van der Waals surface area contributed by atoms with Gasteiger partial charge in [-0.1, -0.05) is 59.8 Å². The lowest BCUT2D eigenvalue weighted by Gasteiger charge is -2.12. The van der Waals surface area contributed by atoms with Crippen LogP contribution in [0.15, 0.2) is 69.9 Å². The Hall–Kier alpha value is -3.10. The largest absolute Gasteiger partial charge is 0.496 e. The van der Waals surface area contributed by atoms with Gasteiger partial charge in [0.25, 0.3) is 5.56 Å². The number of rotatable bonds is 6. The van der Waals surface area contributed by atoms with Crippen LogP contribution >= 0.6 is 23.1 Å². The fourth-order valence-electron chi connectivity index (χ4n) is 3.69. The lowest BCUT2D eigenvalue weighted by Crippen LogP contribution is -2.23. The van der Waals surface area contributed by atoms with Crippen LogP contribution in [0, 0.1) is 6.92 Å². The predicted molar refractivity (Wildman–Crippen MR) is 125 cm³/mol. The van der Waals surface area contributed by atoms with Crippen molar-refractivity contribution >= 4 is 39.1 Å². The highest BCUT2D eigenvalue weighted by Gasteiger charge is 2.19. The van der Waals surface area contributed by atoms with Crippen molar-refractivity contribution < 1.29 is 4.74 Å². The predicted octanol–water partition coefficient (Wildman–Crippen LogP) is 4.76. The average molecular weight is 449 g/mol. The Morgan fingerprint density at radius 1 is 1.10 bits per heavy atom. The molecule has 0 saturated carbocycles. The lowest BCUT2D eigenvalue weighted by atomic mass is 10.2. The van der Waals surface area contributed by atoms with Crippen LogP contribution in [0.3, 0.4) is 0 Å². The number of thioether (sulfide) groups is 1. The standard InChI is InChI=1S/C23H20N4O2S2/c1-15-6-5-7-16(12-15)14-31-23-25-24-22-26(13-17-8-3-4-9-19(17)29-2)21(28)20-18(27(22)23)10-11-30-20/h3-12H,13-14H2,1-2H3. The summed E-state index contributed by atoms with van der Waals surface area (Å²) in [6.45, 7) is 2.45. The normalized spacial score (nSPS) is 11.4. The number of hydrogen-bond donors (Lipinski definition) is 0. The van der Waals surface area contributed by atoms with Crippen LogP contribution in [0.25, 0.3) is 16.0 Å². The van der Waals surface area contributed by atoms with Crippen molar-refractivity contribution in [1.82, 2.24) is 19.2 Å². The molecule has 156 valence electrons. The highest BCUT2D eigenvalue weighted by molar-refractivity contribution is 7.98. The molecule has 8 heteroatoms. The van der Waals surface area contributed by atoms with E-state index in [2.05, 4.69) is 41.4 Å². The second-order valence-electron chi connectivity index (χ2n) is 7.23. The molecule has 0 aliphatic rings. The van der Waals surface area contributed by atoms with Crippen LogP contribution in [-0.4, -0.2) is 26.3 Å². The van der Waals surface area contributed by atoms with Crippen LogP contribution in [0.4, 0.5) is 0 Å². The molecule has 31 heavy (non-hydrogen) atoms. The van der Waals surface area contributed by atoms with Crippen LogP contribution in [0.2, 0.25) is 0 Å². The van der Waals surface area contributed by atoms with Crippen molar-refractivity contribution in [1.29, 1.82) is 0 Å². The number of benzene rings is 2. The quantitative estimate of drug-likeness (QED) is 0.351. The van der Waals surface area contributed by atoms with Crippen LogP contribution in [0.1, 0.15) is 16.7 Å². The number of para-hydroxylation sites is 1. The molecule has 0 atom stereocenters. The molecular formula is C23H20N4O2S2. The van der Waals surface area contributed by atoms with E-state index in [9.17, 15) is 4.79 Å². The fraction of sp³-hybridized carbons (Fsp3) is 0.174. The van der Waals surface area contributed by atoms with Gasteiger partial charge in [0.15, 0.2) is 5.16 Å². The van der Waals surface area contributed by atoms with E-state index in [4.69, 9.17) is 4.74 Å². The first-order chi connectivity index (χ1) is 15.2. The monoisotopic (exact) mass is 448 g/mol. The number of methoxy groups -OCH3 is 1. The molecule has 3 aromatic heterocycles. The first kappa shape index (κ1) is 19.8. The molecule has 0 spiro atoms. The van der Waals surface area contributed by atoms with E-state index in [0.717, 1.165) is 27.7 Å².